The number of benzene rings is 1. The predicted octanol–water partition coefficient (Wildman–Crippen LogP) is 3.22. The first-order valence-electron chi connectivity index (χ1n) is 10.3. The fourth-order valence-corrected chi connectivity index (χ4v) is 5.70. The third-order valence-electron chi connectivity index (χ3n) is 5.98. The summed E-state index contributed by atoms with van der Waals surface area (Å²) in [6.07, 6.45) is 7.64. The number of amides is 1. The van der Waals surface area contributed by atoms with E-state index in [0.29, 0.717) is 30.8 Å². The molecule has 0 aromatic heterocycles. The van der Waals surface area contributed by atoms with Gasteiger partial charge >= 0.3 is 0 Å². The number of hydrogen-bond acceptors (Lipinski definition) is 3. The molecule has 1 fully saturated rings. The highest BCUT2D eigenvalue weighted by molar-refractivity contribution is 7.89. The second kappa shape index (κ2) is 8.74. The van der Waals surface area contributed by atoms with Crippen LogP contribution in [0.2, 0.25) is 0 Å². The Labute approximate surface area is 163 Å². The standard InChI is InChI=1S/C21H32N2O3S/c1-3-4-13-22(2)21(24)18-11-14-23(15-12-18)27(25,26)20-10-9-17-7-5-6-8-19(17)16-20/h9-10,16,18H,3-8,11-15H2,1-2H3. The molecule has 0 bridgehead atoms. The summed E-state index contributed by atoms with van der Waals surface area (Å²) in [4.78, 5) is 14.8. The smallest absolute Gasteiger partial charge is 0.243 e. The molecule has 1 heterocycles. The molecule has 0 N–H and O–H groups in total. The summed E-state index contributed by atoms with van der Waals surface area (Å²) in [6, 6.07) is 5.62. The van der Waals surface area contributed by atoms with E-state index in [-0.39, 0.29) is 11.8 Å². The Hall–Kier alpha value is -1.40. The Morgan fingerprint density at radius 3 is 2.48 bits per heavy atom. The molecule has 150 valence electrons. The van der Waals surface area contributed by atoms with Gasteiger partial charge in [-0.15, -0.1) is 0 Å². The first kappa shape index (κ1) is 20.3. The molecule has 2 aliphatic rings. The van der Waals surface area contributed by atoms with Gasteiger partial charge in [0.2, 0.25) is 15.9 Å². The van der Waals surface area contributed by atoms with Gasteiger partial charge in [0.1, 0.15) is 0 Å². The average Bonchev–Trinajstić information content (AvgIpc) is 2.71. The molecule has 0 saturated carbocycles. The Balaban J connectivity index is 1.64. The minimum Gasteiger partial charge on any atom is -0.346 e. The fourth-order valence-electron chi connectivity index (χ4n) is 4.18. The van der Waals surface area contributed by atoms with E-state index in [4.69, 9.17) is 0 Å². The van der Waals surface area contributed by atoms with Gasteiger partial charge in [0.15, 0.2) is 0 Å². The van der Waals surface area contributed by atoms with Crippen LogP contribution >= 0.6 is 0 Å². The van der Waals surface area contributed by atoms with E-state index in [9.17, 15) is 13.2 Å². The Kier molecular flexibility index (Phi) is 6.58. The quantitative estimate of drug-likeness (QED) is 0.747. The minimum absolute atomic E-state index is 0.0539. The summed E-state index contributed by atoms with van der Waals surface area (Å²) in [5.41, 5.74) is 2.48. The number of piperidine rings is 1. The monoisotopic (exact) mass is 392 g/mol. The van der Waals surface area contributed by atoms with Crippen molar-refractivity contribution in [2.45, 2.75) is 63.2 Å². The zero-order chi connectivity index (χ0) is 19.4. The molecule has 0 atom stereocenters. The van der Waals surface area contributed by atoms with Gasteiger partial charge in [0.05, 0.1) is 4.90 Å². The molecule has 3 rings (SSSR count). The van der Waals surface area contributed by atoms with Crippen molar-refractivity contribution in [3.05, 3.63) is 29.3 Å². The summed E-state index contributed by atoms with van der Waals surface area (Å²) in [5.74, 6) is 0.108. The molecule has 1 aliphatic heterocycles. The largest absolute Gasteiger partial charge is 0.346 e. The highest BCUT2D eigenvalue weighted by Crippen LogP contribution is 2.28. The summed E-state index contributed by atoms with van der Waals surface area (Å²) >= 11 is 0. The van der Waals surface area contributed by atoms with Gasteiger partial charge in [-0.25, -0.2) is 8.42 Å². The number of hydrogen-bond donors (Lipinski definition) is 0. The molecule has 0 radical (unpaired) electrons. The maximum atomic E-state index is 13.1. The molecule has 1 aromatic rings. The Morgan fingerprint density at radius 2 is 1.81 bits per heavy atom. The van der Waals surface area contributed by atoms with Crippen LogP contribution in [0.15, 0.2) is 23.1 Å². The highest BCUT2D eigenvalue weighted by atomic mass is 32.2. The number of aryl methyl sites for hydroxylation is 2. The number of unbranched alkanes of at least 4 members (excludes halogenated alkanes) is 1. The van der Waals surface area contributed by atoms with E-state index in [1.807, 2.05) is 24.1 Å². The molecule has 1 amide bonds. The summed E-state index contributed by atoms with van der Waals surface area (Å²) < 4.78 is 27.7. The van der Waals surface area contributed by atoms with Gasteiger partial charge < -0.3 is 4.90 Å². The molecular weight excluding hydrogens is 360 g/mol. The van der Waals surface area contributed by atoms with Gasteiger partial charge in [-0.1, -0.05) is 19.4 Å². The van der Waals surface area contributed by atoms with Crippen LogP contribution in [0.5, 0.6) is 0 Å². The van der Waals surface area contributed by atoms with E-state index in [0.717, 1.165) is 38.6 Å². The summed E-state index contributed by atoms with van der Waals surface area (Å²) in [6.45, 7) is 3.75. The molecular formula is C21H32N2O3S. The average molecular weight is 393 g/mol. The Morgan fingerprint density at radius 1 is 1.15 bits per heavy atom. The third kappa shape index (κ3) is 4.54. The molecule has 5 nitrogen and oxygen atoms in total. The molecule has 27 heavy (non-hydrogen) atoms. The van der Waals surface area contributed by atoms with Crippen LogP contribution in [0, 0.1) is 5.92 Å². The Bertz CT molecular complexity index is 768. The number of sulfonamides is 1. The van der Waals surface area contributed by atoms with Gasteiger partial charge in [-0.3, -0.25) is 4.79 Å². The van der Waals surface area contributed by atoms with Crippen LogP contribution in [0.25, 0.3) is 0 Å². The van der Waals surface area contributed by atoms with Crippen LogP contribution < -0.4 is 0 Å². The van der Waals surface area contributed by atoms with Crippen molar-refractivity contribution >= 4 is 15.9 Å². The number of nitrogens with zero attached hydrogens (tertiary/aromatic N) is 2. The maximum absolute atomic E-state index is 13.1. The lowest BCUT2D eigenvalue weighted by molar-refractivity contribution is -0.135. The number of rotatable bonds is 6. The zero-order valence-corrected chi connectivity index (χ0v) is 17.4. The number of fused-ring (bicyclic) bond motifs is 1. The first-order chi connectivity index (χ1) is 12.9. The first-order valence-corrected chi connectivity index (χ1v) is 11.7. The van der Waals surface area contributed by atoms with Gasteiger partial charge in [0, 0.05) is 32.6 Å². The fraction of sp³-hybridized carbons (Fsp3) is 0.667. The van der Waals surface area contributed by atoms with E-state index in [1.54, 1.807) is 10.4 Å². The van der Waals surface area contributed by atoms with Crippen molar-refractivity contribution in [2.24, 2.45) is 5.92 Å². The van der Waals surface area contributed by atoms with Crippen LogP contribution in [-0.4, -0.2) is 50.2 Å². The molecule has 0 spiro atoms. The van der Waals surface area contributed by atoms with Crippen LogP contribution in [0.1, 0.15) is 56.6 Å². The van der Waals surface area contributed by atoms with Crippen molar-refractivity contribution in [1.82, 2.24) is 9.21 Å². The van der Waals surface area contributed by atoms with Crippen LogP contribution in [-0.2, 0) is 27.7 Å². The lowest BCUT2D eigenvalue weighted by Gasteiger charge is -2.32. The zero-order valence-electron chi connectivity index (χ0n) is 16.6. The maximum Gasteiger partial charge on any atom is 0.243 e. The molecule has 1 saturated heterocycles. The summed E-state index contributed by atoms with van der Waals surface area (Å²) in [5, 5.41) is 0. The van der Waals surface area contributed by atoms with Gasteiger partial charge in [-0.2, -0.15) is 4.31 Å². The lowest BCUT2D eigenvalue weighted by Crippen LogP contribution is -2.43. The highest BCUT2D eigenvalue weighted by Gasteiger charge is 2.33. The summed E-state index contributed by atoms with van der Waals surface area (Å²) in [7, 11) is -1.62. The van der Waals surface area contributed by atoms with Crippen molar-refractivity contribution < 1.29 is 13.2 Å². The van der Waals surface area contributed by atoms with Gasteiger partial charge in [-0.05, 0) is 68.2 Å². The van der Waals surface area contributed by atoms with E-state index >= 15 is 0 Å². The predicted molar refractivity (Wildman–Crippen MR) is 107 cm³/mol. The molecule has 6 heteroatoms. The van der Waals surface area contributed by atoms with Crippen molar-refractivity contribution in [3.8, 4) is 0 Å². The topological polar surface area (TPSA) is 57.7 Å². The molecule has 0 unspecified atom stereocenters. The van der Waals surface area contributed by atoms with E-state index in [2.05, 4.69) is 6.92 Å². The second-order valence-corrected chi connectivity index (χ2v) is 9.87. The van der Waals surface area contributed by atoms with Crippen molar-refractivity contribution in [1.29, 1.82) is 0 Å². The normalized spacial score (nSPS) is 18.9. The molecule has 1 aromatic carbocycles. The SMILES string of the molecule is CCCCN(C)C(=O)C1CCN(S(=O)(=O)c2ccc3c(c2)CCCC3)CC1. The molecule has 1 aliphatic carbocycles. The van der Waals surface area contributed by atoms with Crippen LogP contribution in [0.4, 0.5) is 0 Å². The number of carbonyl (C=O) groups is 1. The lowest BCUT2D eigenvalue weighted by atomic mass is 9.92. The van der Waals surface area contributed by atoms with Crippen molar-refractivity contribution in [3.63, 3.8) is 0 Å². The second-order valence-electron chi connectivity index (χ2n) is 7.93. The van der Waals surface area contributed by atoms with E-state index < -0.39 is 10.0 Å². The van der Waals surface area contributed by atoms with Crippen LogP contribution in [0.3, 0.4) is 0 Å². The van der Waals surface area contributed by atoms with Crippen molar-refractivity contribution in [2.75, 3.05) is 26.7 Å². The van der Waals surface area contributed by atoms with E-state index in [1.165, 1.54) is 17.5 Å². The number of carbonyl (C=O) groups excluding carboxylic acids is 1. The van der Waals surface area contributed by atoms with Gasteiger partial charge in [0.25, 0.3) is 0 Å². The minimum atomic E-state index is -3.47. The third-order valence-corrected chi connectivity index (χ3v) is 7.88.